The number of nitrogens with one attached hydrogen (secondary N) is 1. The highest BCUT2D eigenvalue weighted by Gasteiger charge is 2.34. The summed E-state index contributed by atoms with van der Waals surface area (Å²) in [5.41, 5.74) is 1.32. The van der Waals surface area contributed by atoms with Gasteiger partial charge in [0.15, 0.2) is 0 Å². The minimum Gasteiger partial charge on any atom is -0.344 e. The van der Waals surface area contributed by atoms with Gasteiger partial charge in [-0.2, -0.15) is 0 Å². The van der Waals surface area contributed by atoms with E-state index in [4.69, 9.17) is 11.6 Å². The third kappa shape index (κ3) is 3.15. The maximum Gasteiger partial charge on any atom is 0.222 e. The minimum atomic E-state index is 0.262. The molecule has 1 N–H and O–H groups in total. The normalized spacial score (nSPS) is 24.8. The Morgan fingerprint density at radius 1 is 1.25 bits per heavy atom. The molecule has 1 amide bonds. The number of carbonyl (C=O) groups excluding carboxylic acids is 1. The fourth-order valence-corrected chi connectivity index (χ4v) is 3.13. The van der Waals surface area contributed by atoms with Gasteiger partial charge in [-0.1, -0.05) is 23.7 Å². The van der Waals surface area contributed by atoms with Crippen LogP contribution in [0, 0.1) is 5.92 Å². The average Bonchev–Trinajstić information content (AvgIpc) is 3.26. The fraction of sp³-hybridized carbons (Fsp3) is 0.562. The molecular weight excluding hydrogens is 272 g/mol. The second-order valence-electron chi connectivity index (χ2n) is 6.04. The van der Waals surface area contributed by atoms with E-state index in [2.05, 4.69) is 17.4 Å². The first-order valence-electron chi connectivity index (χ1n) is 7.39. The van der Waals surface area contributed by atoms with Gasteiger partial charge in [-0.15, -0.1) is 0 Å². The van der Waals surface area contributed by atoms with E-state index in [0.29, 0.717) is 18.5 Å². The van der Waals surface area contributed by atoms with Gasteiger partial charge >= 0.3 is 0 Å². The molecule has 1 aliphatic heterocycles. The molecule has 1 aromatic rings. The van der Waals surface area contributed by atoms with Crippen LogP contribution in [0.2, 0.25) is 5.02 Å². The molecule has 0 radical (unpaired) electrons. The number of carbonyl (C=O) groups is 1. The fourth-order valence-electron chi connectivity index (χ4n) is 3.01. The van der Waals surface area contributed by atoms with Gasteiger partial charge in [0, 0.05) is 37.1 Å². The molecule has 4 heteroatoms. The first kappa shape index (κ1) is 13.9. The molecule has 1 aliphatic carbocycles. The zero-order valence-electron chi connectivity index (χ0n) is 11.8. The number of halogens is 1. The monoisotopic (exact) mass is 292 g/mol. The standard InChI is InChI=1S/C16H21ClN2O/c1-19-10-14(8-9-15(19)20)18-16(11-2-3-11)12-4-6-13(17)7-5-12/h4-7,11,14,16,18H,2-3,8-10H2,1H3. The number of piperidine rings is 1. The molecule has 1 heterocycles. The molecule has 20 heavy (non-hydrogen) atoms. The Kier molecular flexibility index (Phi) is 3.99. The summed E-state index contributed by atoms with van der Waals surface area (Å²) in [4.78, 5) is 13.4. The zero-order valence-corrected chi connectivity index (χ0v) is 12.6. The molecule has 2 fully saturated rings. The summed E-state index contributed by atoms with van der Waals surface area (Å²) in [5, 5.41) is 4.55. The summed E-state index contributed by atoms with van der Waals surface area (Å²) in [5.74, 6) is 0.997. The Morgan fingerprint density at radius 3 is 2.55 bits per heavy atom. The molecule has 1 saturated carbocycles. The first-order valence-corrected chi connectivity index (χ1v) is 7.77. The van der Waals surface area contributed by atoms with Crippen molar-refractivity contribution in [3.63, 3.8) is 0 Å². The third-order valence-corrected chi connectivity index (χ3v) is 4.62. The maximum absolute atomic E-state index is 11.6. The van der Waals surface area contributed by atoms with Crippen molar-refractivity contribution in [1.29, 1.82) is 0 Å². The molecule has 0 bridgehead atoms. The van der Waals surface area contributed by atoms with E-state index in [1.165, 1.54) is 18.4 Å². The van der Waals surface area contributed by atoms with E-state index in [1.54, 1.807) is 0 Å². The van der Waals surface area contributed by atoms with Crippen molar-refractivity contribution < 1.29 is 4.79 Å². The lowest BCUT2D eigenvalue weighted by Gasteiger charge is -2.33. The SMILES string of the molecule is CN1CC(NC(c2ccc(Cl)cc2)C2CC2)CCC1=O. The van der Waals surface area contributed by atoms with Crippen molar-refractivity contribution in [2.75, 3.05) is 13.6 Å². The molecule has 1 saturated heterocycles. The number of hydrogen-bond acceptors (Lipinski definition) is 2. The van der Waals surface area contributed by atoms with Gasteiger partial charge in [-0.25, -0.2) is 0 Å². The Bertz CT molecular complexity index is 484. The highest BCUT2D eigenvalue weighted by Crippen LogP contribution is 2.41. The van der Waals surface area contributed by atoms with E-state index in [1.807, 2.05) is 24.1 Å². The molecule has 0 aromatic heterocycles. The molecule has 0 spiro atoms. The quantitative estimate of drug-likeness (QED) is 0.925. The van der Waals surface area contributed by atoms with Crippen molar-refractivity contribution in [2.24, 2.45) is 5.92 Å². The topological polar surface area (TPSA) is 32.3 Å². The van der Waals surface area contributed by atoms with E-state index >= 15 is 0 Å². The van der Waals surface area contributed by atoms with E-state index in [-0.39, 0.29) is 5.91 Å². The number of benzene rings is 1. The summed E-state index contributed by atoms with van der Waals surface area (Å²) in [6.45, 7) is 0.815. The number of rotatable bonds is 4. The molecule has 2 unspecified atom stereocenters. The average molecular weight is 293 g/mol. The molecular formula is C16H21ClN2O. The highest BCUT2D eigenvalue weighted by atomic mass is 35.5. The predicted octanol–water partition coefficient (Wildman–Crippen LogP) is 3.00. The minimum absolute atomic E-state index is 0.262. The van der Waals surface area contributed by atoms with Crippen LogP contribution in [0.5, 0.6) is 0 Å². The number of amides is 1. The third-order valence-electron chi connectivity index (χ3n) is 4.36. The van der Waals surface area contributed by atoms with Crippen LogP contribution in [0.3, 0.4) is 0 Å². The van der Waals surface area contributed by atoms with Crippen molar-refractivity contribution in [1.82, 2.24) is 10.2 Å². The maximum atomic E-state index is 11.6. The van der Waals surface area contributed by atoms with Crippen molar-refractivity contribution in [2.45, 2.75) is 37.8 Å². The number of hydrogen-bond donors (Lipinski definition) is 1. The summed E-state index contributed by atoms with van der Waals surface area (Å²) in [6.07, 6.45) is 4.19. The van der Waals surface area contributed by atoms with Crippen LogP contribution in [-0.2, 0) is 4.79 Å². The molecule has 2 aliphatic rings. The predicted molar refractivity (Wildman–Crippen MR) is 80.7 cm³/mol. The van der Waals surface area contributed by atoms with Gasteiger partial charge in [0.05, 0.1) is 0 Å². The Balaban J connectivity index is 1.69. The van der Waals surface area contributed by atoms with Crippen molar-refractivity contribution >= 4 is 17.5 Å². The van der Waals surface area contributed by atoms with Crippen LogP contribution >= 0.6 is 11.6 Å². The largest absolute Gasteiger partial charge is 0.344 e. The van der Waals surface area contributed by atoms with Gasteiger partial charge in [0.1, 0.15) is 0 Å². The molecule has 3 nitrogen and oxygen atoms in total. The van der Waals surface area contributed by atoms with Gasteiger partial charge in [-0.05, 0) is 42.9 Å². The van der Waals surface area contributed by atoms with Gasteiger partial charge < -0.3 is 10.2 Å². The van der Waals surface area contributed by atoms with Crippen LogP contribution in [-0.4, -0.2) is 30.4 Å². The van der Waals surface area contributed by atoms with Gasteiger partial charge in [0.2, 0.25) is 5.91 Å². The van der Waals surface area contributed by atoms with E-state index < -0.39 is 0 Å². The summed E-state index contributed by atoms with van der Waals surface area (Å²) < 4.78 is 0. The first-order chi connectivity index (χ1) is 9.63. The summed E-state index contributed by atoms with van der Waals surface area (Å²) in [6, 6.07) is 8.97. The number of nitrogens with zero attached hydrogens (tertiary/aromatic N) is 1. The van der Waals surface area contributed by atoms with Crippen LogP contribution in [0.15, 0.2) is 24.3 Å². The number of likely N-dealkylation sites (N-methyl/N-ethyl adjacent to an activating group) is 1. The Hall–Kier alpha value is -1.06. The van der Waals surface area contributed by atoms with Gasteiger partial charge in [-0.3, -0.25) is 4.79 Å². The van der Waals surface area contributed by atoms with Crippen LogP contribution in [0.25, 0.3) is 0 Å². The lowest BCUT2D eigenvalue weighted by molar-refractivity contribution is -0.132. The second kappa shape index (κ2) is 5.74. The molecule has 1 aromatic carbocycles. The lowest BCUT2D eigenvalue weighted by Crippen LogP contribution is -2.47. The van der Waals surface area contributed by atoms with E-state index in [9.17, 15) is 4.79 Å². The molecule has 108 valence electrons. The van der Waals surface area contributed by atoms with Crippen molar-refractivity contribution in [3.8, 4) is 0 Å². The van der Waals surface area contributed by atoms with Gasteiger partial charge in [0.25, 0.3) is 0 Å². The second-order valence-corrected chi connectivity index (χ2v) is 6.48. The number of likely N-dealkylation sites (tertiary alicyclic amines) is 1. The zero-order chi connectivity index (χ0) is 14.1. The smallest absolute Gasteiger partial charge is 0.222 e. The Labute approximate surface area is 125 Å². The Morgan fingerprint density at radius 2 is 1.95 bits per heavy atom. The van der Waals surface area contributed by atoms with Crippen LogP contribution < -0.4 is 5.32 Å². The highest BCUT2D eigenvalue weighted by molar-refractivity contribution is 6.30. The summed E-state index contributed by atoms with van der Waals surface area (Å²) in [7, 11) is 1.89. The lowest BCUT2D eigenvalue weighted by atomic mass is 9.98. The van der Waals surface area contributed by atoms with Crippen molar-refractivity contribution in [3.05, 3.63) is 34.9 Å². The summed E-state index contributed by atoms with van der Waals surface area (Å²) >= 11 is 5.97. The van der Waals surface area contributed by atoms with Crippen LogP contribution in [0.4, 0.5) is 0 Å². The molecule has 2 atom stereocenters. The van der Waals surface area contributed by atoms with Crippen LogP contribution in [0.1, 0.15) is 37.3 Å². The van der Waals surface area contributed by atoms with E-state index in [0.717, 1.165) is 23.9 Å². The molecule has 3 rings (SSSR count).